The summed E-state index contributed by atoms with van der Waals surface area (Å²) < 4.78 is 14.3. The molecule has 2 amide bonds. The third-order valence-corrected chi connectivity index (χ3v) is 7.35. The first-order valence-corrected chi connectivity index (χ1v) is 12.6. The lowest BCUT2D eigenvalue weighted by atomic mass is 10.1. The van der Waals surface area contributed by atoms with Gasteiger partial charge in [-0.3, -0.25) is 9.59 Å². The fraction of sp³-hybridized carbons (Fsp3) is 0.417. The van der Waals surface area contributed by atoms with Crippen LogP contribution in [0.2, 0.25) is 10.0 Å². The van der Waals surface area contributed by atoms with E-state index in [-0.39, 0.29) is 30.2 Å². The first-order valence-electron chi connectivity index (χ1n) is 10.7. The van der Waals surface area contributed by atoms with Crippen LogP contribution in [0.1, 0.15) is 43.7 Å². The van der Waals surface area contributed by atoms with E-state index in [2.05, 4.69) is 5.32 Å². The van der Waals surface area contributed by atoms with Crippen LogP contribution < -0.4 is 5.32 Å². The average Bonchev–Trinajstić information content (AvgIpc) is 3.27. The summed E-state index contributed by atoms with van der Waals surface area (Å²) in [5.41, 5.74) is 1.14. The molecule has 1 fully saturated rings. The van der Waals surface area contributed by atoms with Crippen molar-refractivity contribution in [3.63, 3.8) is 0 Å². The van der Waals surface area contributed by atoms with Crippen molar-refractivity contribution in [3.8, 4) is 0 Å². The van der Waals surface area contributed by atoms with E-state index in [1.807, 2.05) is 0 Å². The summed E-state index contributed by atoms with van der Waals surface area (Å²) in [6.07, 6.45) is 4.10. The Morgan fingerprint density at radius 2 is 1.78 bits per heavy atom. The minimum absolute atomic E-state index is 0.0260. The summed E-state index contributed by atoms with van der Waals surface area (Å²) in [5.74, 6) is -0.266. The Balaban J connectivity index is 1.69. The number of rotatable bonds is 9. The van der Waals surface area contributed by atoms with Crippen LogP contribution in [-0.2, 0) is 21.9 Å². The largest absolute Gasteiger partial charge is 0.352 e. The Kier molecular flexibility index (Phi) is 9.26. The van der Waals surface area contributed by atoms with Gasteiger partial charge in [0.2, 0.25) is 11.8 Å². The number of carbonyl (C=O) groups is 2. The molecule has 1 aliphatic rings. The topological polar surface area (TPSA) is 49.4 Å². The van der Waals surface area contributed by atoms with Crippen molar-refractivity contribution in [3.05, 3.63) is 69.5 Å². The van der Waals surface area contributed by atoms with E-state index in [4.69, 9.17) is 23.2 Å². The van der Waals surface area contributed by atoms with Crippen LogP contribution >= 0.6 is 35.0 Å². The monoisotopic (exact) mass is 496 g/mol. The van der Waals surface area contributed by atoms with Crippen molar-refractivity contribution in [2.75, 3.05) is 5.75 Å². The van der Waals surface area contributed by atoms with Crippen LogP contribution in [0.5, 0.6) is 0 Å². The fourth-order valence-corrected chi connectivity index (χ4v) is 5.43. The Labute approximate surface area is 202 Å². The number of thioether (sulfide) groups is 1. The van der Waals surface area contributed by atoms with Gasteiger partial charge >= 0.3 is 0 Å². The quantitative estimate of drug-likeness (QED) is 0.474. The van der Waals surface area contributed by atoms with Gasteiger partial charge in [0.1, 0.15) is 11.9 Å². The van der Waals surface area contributed by atoms with Crippen LogP contribution in [0.25, 0.3) is 0 Å². The molecule has 1 unspecified atom stereocenters. The van der Waals surface area contributed by atoms with Crippen molar-refractivity contribution in [2.45, 2.75) is 57.0 Å². The highest BCUT2D eigenvalue weighted by Gasteiger charge is 2.29. The first-order chi connectivity index (χ1) is 15.4. The Bertz CT molecular complexity index is 933. The minimum atomic E-state index is -0.716. The molecule has 4 nitrogen and oxygen atoms in total. The molecule has 0 bridgehead atoms. The molecule has 172 valence electrons. The molecule has 1 atom stereocenters. The van der Waals surface area contributed by atoms with Crippen molar-refractivity contribution in [2.24, 2.45) is 0 Å². The second kappa shape index (κ2) is 11.9. The van der Waals surface area contributed by atoms with Crippen LogP contribution in [-0.4, -0.2) is 34.6 Å². The molecule has 1 aliphatic carbocycles. The number of halogens is 3. The second-order valence-electron chi connectivity index (χ2n) is 7.97. The van der Waals surface area contributed by atoms with Crippen LogP contribution in [0, 0.1) is 5.82 Å². The second-order valence-corrected chi connectivity index (χ2v) is 9.77. The predicted molar refractivity (Wildman–Crippen MR) is 129 cm³/mol. The van der Waals surface area contributed by atoms with Crippen molar-refractivity contribution in [1.82, 2.24) is 10.2 Å². The number of hydrogen-bond donors (Lipinski definition) is 1. The molecule has 0 radical (unpaired) electrons. The molecule has 1 saturated carbocycles. The number of carbonyl (C=O) groups excluding carboxylic acids is 2. The van der Waals surface area contributed by atoms with E-state index in [1.54, 1.807) is 43.3 Å². The van der Waals surface area contributed by atoms with E-state index >= 15 is 0 Å². The van der Waals surface area contributed by atoms with Gasteiger partial charge in [0.25, 0.3) is 0 Å². The molecule has 0 spiro atoms. The van der Waals surface area contributed by atoms with Crippen molar-refractivity contribution in [1.29, 1.82) is 0 Å². The lowest BCUT2D eigenvalue weighted by molar-refractivity contribution is -0.139. The molecular formula is C24H27Cl2FN2O2S. The maximum Gasteiger partial charge on any atom is 0.242 e. The van der Waals surface area contributed by atoms with E-state index in [9.17, 15) is 14.0 Å². The molecule has 0 aliphatic heterocycles. The lowest BCUT2D eigenvalue weighted by Gasteiger charge is -2.30. The van der Waals surface area contributed by atoms with Gasteiger partial charge in [0.05, 0.1) is 5.75 Å². The van der Waals surface area contributed by atoms with Crippen LogP contribution in [0.4, 0.5) is 4.39 Å². The van der Waals surface area contributed by atoms with Gasteiger partial charge in [0, 0.05) is 33.9 Å². The first kappa shape index (κ1) is 24.9. The zero-order chi connectivity index (χ0) is 23.1. The number of hydrogen-bond acceptors (Lipinski definition) is 3. The Morgan fingerprint density at radius 1 is 1.12 bits per heavy atom. The molecule has 2 aromatic carbocycles. The van der Waals surface area contributed by atoms with Gasteiger partial charge < -0.3 is 10.2 Å². The summed E-state index contributed by atoms with van der Waals surface area (Å²) in [7, 11) is 0. The number of nitrogens with one attached hydrogen (secondary N) is 1. The normalized spacial score (nSPS) is 14.9. The summed E-state index contributed by atoms with van der Waals surface area (Å²) >= 11 is 13.8. The number of benzene rings is 2. The summed E-state index contributed by atoms with van der Waals surface area (Å²) in [5, 5.41) is 4.14. The predicted octanol–water partition coefficient (Wildman–Crippen LogP) is 5.84. The van der Waals surface area contributed by atoms with E-state index in [0.717, 1.165) is 31.2 Å². The molecule has 0 heterocycles. The van der Waals surface area contributed by atoms with Gasteiger partial charge in [-0.05, 0) is 43.5 Å². The fourth-order valence-electron chi connectivity index (χ4n) is 3.78. The van der Waals surface area contributed by atoms with Crippen LogP contribution in [0.15, 0.2) is 42.5 Å². The van der Waals surface area contributed by atoms with Gasteiger partial charge in [-0.2, -0.15) is 0 Å². The Hall–Kier alpha value is -1.76. The smallest absolute Gasteiger partial charge is 0.242 e. The molecule has 32 heavy (non-hydrogen) atoms. The standard InChI is InChI=1S/C24H27Cl2FN2O2S/c1-16(24(31)28-18-8-3-4-9-18)29(13-17-7-2-5-12-22(17)27)23(30)15-32-14-19-20(25)10-6-11-21(19)26/h2,5-7,10-12,16,18H,3-4,8-9,13-15H2,1H3,(H,28,31). The summed E-state index contributed by atoms with van der Waals surface area (Å²) in [6.45, 7) is 1.72. The SMILES string of the molecule is CC(C(=O)NC1CCCC1)N(Cc1ccccc1F)C(=O)CSCc1c(Cl)cccc1Cl. The molecular weight excluding hydrogens is 470 g/mol. The Morgan fingerprint density at radius 3 is 2.44 bits per heavy atom. The lowest BCUT2D eigenvalue weighted by Crippen LogP contribution is -2.50. The number of nitrogens with zero attached hydrogens (tertiary/aromatic N) is 1. The maximum atomic E-state index is 14.3. The van der Waals surface area contributed by atoms with Crippen molar-refractivity contribution >= 4 is 46.8 Å². The molecule has 3 rings (SSSR count). The van der Waals surface area contributed by atoms with Gasteiger partial charge in [0.15, 0.2) is 0 Å². The summed E-state index contributed by atoms with van der Waals surface area (Å²) in [4.78, 5) is 27.5. The molecule has 0 saturated heterocycles. The van der Waals surface area contributed by atoms with E-state index in [0.29, 0.717) is 21.4 Å². The van der Waals surface area contributed by atoms with Gasteiger partial charge in [-0.25, -0.2) is 4.39 Å². The zero-order valence-electron chi connectivity index (χ0n) is 18.0. The highest BCUT2D eigenvalue weighted by atomic mass is 35.5. The zero-order valence-corrected chi connectivity index (χ0v) is 20.3. The molecule has 8 heteroatoms. The molecule has 2 aromatic rings. The van der Waals surface area contributed by atoms with Crippen molar-refractivity contribution < 1.29 is 14.0 Å². The third-order valence-electron chi connectivity index (χ3n) is 5.70. The third kappa shape index (κ3) is 6.63. The van der Waals surface area contributed by atoms with E-state index < -0.39 is 11.9 Å². The highest BCUT2D eigenvalue weighted by Crippen LogP contribution is 2.28. The number of amides is 2. The highest BCUT2D eigenvalue weighted by molar-refractivity contribution is 7.99. The maximum absolute atomic E-state index is 14.3. The van der Waals surface area contributed by atoms with Crippen LogP contribution in [0.3, 0.4) is 0 Å². The molecule has 1 N–H and O–H groups in total. The minimum Gasteiger partial charge on any atom is -0.352 e. The van der Waals surface area contributed by atoms with E-state index in [1.165, 1.54) is 22.7 Å². The average molecular weight is 497 g/mol. The van der Waals surface area contributed by atoms with Gasteiger partial charge in [-0.1, -0.05) is 60.3 Å². The van der Waals surface area contributed by atoms with Gasteiger partial charge in [-0.15, -0.1) is 11.8 Å². The summed E-state index contributed by atoms with van der Waals surface area (Å²) in [6, 6.07) is 11.0. The molecule has 0 aromatic heterocycles.